The molecule has 0 saturated carbocycles. The SMILES string of the molecule is CCc1cc(NCCc2ccc(N)cc2)ncn1. The molecule has 4 nitrogen and oxygen atoms in total. The van der Waals surface area contributed by atoms with Crippen LogP contribution in [0.1, 0.15) is 18.2 Å². The Morgan fingerprint density at radius 2 is 1.94 bits per heavy atom. The van der Waals surface area contributed by atoms with Crippen molar-refractivity contribution in [2.24, 2.45) is 0 Å². The number of aromatic nitrogens is 2. The van der Waals surface area contributed by atoms with Gasteiger partial charge in [0.05, 0.1) is 0 Å². The van der Waals surface area contributed by atoms with Crippen molar-refractivity contribution in [3.8, 4) is 0 Å². The minimum absolute atomic E-state index is 0.801. The largest absolute Gasteiger partial charge is 0.399 e. The van der Waals surface area contributed by atoms with Crippen LogP contribution < -0.4 is 11.1 Å². The molecule has 0 aliphatic heterocycles. The van der Waals surface area contributed by atoms with Crippen LogP contribution >= 0.6 is 0 Å². The van der Waals surface area contributed by atoms with E-state index >= 15 is 0 Å². The molecule has 0 radical (unpaired) electrons. The quantitative estimate of drug-likeness (QED) is 0.789. The molecule has 2 rings (SSSR count). The Morgan fingerprint density at radius 1 is 1.17 bits per heavy atom. The van der Waals surface area contributed by atoms with Gasteiger partial charge in [-0.15, -0.1) is 0 Å². The number of nitrogens with two attached hydrogens (primary N) is 1. The van der Waals surface area contributed by atoms with Gasteiger partial charge in [-0.25, -0.2) is 9.97 Å². The molecule has 4 heteroatoms. The smallest absolute Gasteiger partial charge is 0.129 e. The third-order valence-electron chi connectivity index (χ3n) is 2.79. The normalized spacial score (nSPS) is 10.3. The van der Waals surface area contributed by atoms with Crippen LogP contribution in [-0.4, -0.2) is 16.5 Å². The van der Waals surface area contributed by atoms with Crippen molar-refractivity contribution >= 4 is 11.5 Å². The molecule has 0 aliphatic rings. The molecule has 1 aromatic heterocycles. The average molecular weight is 242 g/mol. The van der Waals surface area contributed by atoms with E-state index in [9.17, 15) is 0 Å². The van der Waals surface area contributed by atoms with E-state index in [1.54, 1.807) is 6.33 Å². The first-order chi connectivity index (χ1) is 8.78. The molecule has 18 heavy (non-hydrogen) atoms. The average Bonchev–Trinajstić information content (AvgIpc) is 2.41. The predicted molar refractivity (Wildman–Crippen MR) is 74.5 cm³/mol. The number of nitrogens with one attached hydrogen (secondary N) is 1. The van der Waals surface area contributed by atoms with E-state index in [1.807, 2.05) is 18.2 Å². The topological polar surface area (TPSA) is 63.8 Å². The van der Waals surface area contributed by atoms with Crippen LogP contribution in [0.4, 0.5) is 11.5 Å². The zero-order valence-electron chi connectivity index (χ0n) is 10.6. The lowest BCUT2D eigenvalue weighted by atomic mass is 10.1. The number of nitrogens with zero attached hydrogens (tertiary/aromatic N) is 2. The number of hydrogen-bond donors (Lipinski definition) is 2. The number of anilines is 2. The molecule has 0 spiro atoms. The number of nitrogen functional groups attached to an aromatic ring is 1. The number of aryl methyl sites for hydroxylation is 1. The van der Waals surface area contributed by atoms with E-state index in [2.05, 4.69) is 34.3 Å². The first kappa shape index (κ1) is 12.4. The van der Waals surface area contributed by atoms with Gasteiger partial charge in [0.15, 0.2) is 0 Å². The molecule has 0 aliphatic carbocycles. The monoisotopic (exact) mass is 242 g/mol. The number of hydrogen-bond acceptors (Lipinski definition) is 4. The van der Waals surface area contributed by atoms with Gasteiger partial charge in [0.2, 0.25) is 0 Å². The highest BCUT2D eigenvalue weighted by molar-refractivity contribution is 5.40. The van der Waals surface area contributed by atoms with Gasteiger partial charge in [-0.1, -0.05) is 19.1 Å². The second kappa shape index (κ2) is 6.00. The molecule has 2 aromatic rings. The Bertz CT molecular complexity index is 493. The van der Waals surface area contributed by atoms with Crippen molar-refractivity contribution in [1.29, 1.82) is 0 Å². The summed E-state index contributed by atoms with van der Waals surface area (Å²) in [5, 5.41) is 3.30. The second-order valence-electron chi connectivity index (χ2n) is 4.17. The lowest BCUT2D eigenvalue weighted by molar-refractivity contribution is 0.968. The molecular formula is C14H18N4. The van der Waals surface area contributed by atoms with Gasteiger partial charge in [-0.05, 0) is 30.5 Å². The van der Waals surface area contributed by atoms with Crippen molar-refractivity contribution < 1.29 is 0 Å². The highest BCUT2D eigenvalue weighted by Gasteiger charge is 1.97. The van der Waals surface area contributed by atoms with E-state index in [1.165, 1.54) is 5.56 Å². The molecular weight excluding hydrogens is 224 g/mol. The third-order valence-corrected chi connectivity index (χ3v) is 2.79. The van der Waals surface area contributed by atoms with Crippen molar-refractivity contribution in [2.45, 2.75) is 19.8 Å². The van der Waals surface area contributed by atoms with Gasteiger partial charge in [0.1, 0.15) is 12.1 Å². The van der Waals surface area contributed by atoms with Crippen LogP contribution in [0, 0.1) is 0 Å². The summed E-state index contributed by atoms with van der Waals surface area (Å²) in [5.41, 5.74) is 8.77. The van der Waals surface area contributed by atoms with Crippen LogP contribution in [0.2, 0.25) is 0 Å². The first-order valence-corrected chi connectivity index (χ1v) is 6.17. The number of benzene rings is 1. The fourth-order valence-corrected chi connectivity index (χ4v) is 1.71. The Balaban J connectivity index is 1.86. The van der Waals surface area contributed by atoms with Gasteiger partial charge in [0.25, 0.3) is 0 Å². The maximum atomic E-state index is 5.65. The summed E-state index contributed by atoms with van der Waals surface area (Å²) in [5.74, 6) is 0.886. The third kappa shape index (κ3) is 3.45. The molecule has 0 saturated heterocycles. The molecule has 0 amide bonds. The fraction of sp³-hybridized carbons (Fsp3) is 0.286. The second-order valence-corrected chi connectivity index (χ2v) is 4.17. The van der Waals surface area contributed by atoms with E-state index in [0.717, 1.165) is 36.6 Å². The molecule has 0 atom stereocenters. The van der Waals surface area contributed by atoms with Crippen LogP contribution in [0.25, 0.3) is 0 Å². The predicted octanol–water partition coefficient (Wildman–Crippen LogP) is 2.28. The summed E-state index contributed by atoms with van der Waals surface area (Å²) in [6, 6.07) is 9.94. The maximum Gasteiger partial charge on any atom is 0.129 e. The van der Waals surface area contributed by atoms with E-state index < -0.39 is 0 Å². The molecule has 1 heterocycles. The Morgan fingerprint density at radius 3 is 2.67 bits per heavy atom. The summed E-state index contributed by atoms with van der Waals surface area (Å²) < 4.78 is 0. The molecule has 0 unspecified atom stereocenters. The van der Waals surface area contributed by atoms with Crippen molar-refractivity contribution in [3.05, 3.63) is 47.9 Å². The molecule has 3 N–H and O–H groups in total. The van der Waals surface area contributed by atoms with Gasteiger partial charge in [-0.3, -0.25) is 0 Å². The Hall–Kier alpha value is -2.10. The van der Waals surface area contributed by atoms with Crippen LogP contribution in [-0.2, 0) is 12.8 Å². The maximum absolute atomic E-state index is 5.65. The van der Waals surface area contributed by atoms with E-state index in [0.29, 0.717) is 0 Å². The van der Waals surface area contributed by atoms with Gasteiger partial charge < -0.3 is 11.1 Å². The van der Waals surface area contributed by atoms with Gasteiger partial charge >= 0.3 is 0 Å². The van der Waals surface area contributed by atoms with Crippen LogP contribution in [0.15, 0.2) is 36.7 Å². The van der Waals surface area contributed by atoms with E-state index in [4.69, 9.17) is 5.73 Å². The van der Waals surface area contributed by atoms with Crippen molar-refractivity contribution in [3.63, 3.8) is 0 Å². The summed E-state index contributed by atoms with van der Waals surface area (Å²) in [6.45, 7) is 2.94. The molecule has 94 valence electrons. The molecule has 0 fully saturated rings. The Labute approximate surface area is 107 Å². The zero-order valence-corrected chi connectivity index (χ0v) is 10.6. The lowest BCUT2D eigenvalue weighted by Gasteiger charge is -2.06. The number of rotatable bonds is 5. The summed E-state index contributed by atoms with van der Waals surface area (Å²) in [4.78, 5) is 8.36. The summed E-state index contributed by atoms with van der Waals surface area (Å²) in [6.07, 6.45) is 3.48. The lowest BCUT2D eigenvalue weighted by Crippen LogP contribution is -2.07. The summed E-state index contributed by atoms with van der Waals surface area (Å²) >= 11 is 0. The van der Waals surface area contributed by atoms with Crippen LogP contribution in [0.3, 0.4) is 0 Å². The molecule has 0 bridgehead atoms. The van der Waals surface area contributed by atoms with Crippen molar-refractivity contribution in [2.75, 3.05) is 17.6 Å². The van der Waals surface area contributed by atoms with E-state index in [-0.39, 0.29) is 0 Å². The van der Waals surface area contributed by atoms with Gasteiger partial charge in [0, 0.05) is 24.0 Å². The summed E-state index contributed by atoms with van der Waals surface area (Å²) in [7, 11) is 0. The zero-order chi connectivity index (χ0) is 12.8. The molecule has 1 aromatic carbocycles. The fourth-order valence-electron chi connectivity index (χ4n) is 1.71. The minimum Gasteiger partial charge on any atom is -0.399 e. The highest BCUT2D eigenvalue weighted by Crippen LogP contribution is 2.08. The minimum atomic E-state index is 0.801. The van der Waals surface area contributed by atoms with Crippen molar-refractivity contribution in [1.82, 2.24) is 9.97 Å². The first-order valence-electron chi connectivity index (χ1n) is 6.17. The highest BCUT2D eigenvalue weighted by atomic mass is 15.0. The van der Waals surface area contributed by atoms with Crippen LogP contribution in [0.5, 0.6) is 0 Å². The van der Waals surface area contributed by atoms with Gasteiger partial charge in [-0.2, -0.15) is 0 Å². The Kier molecular flexibility index (Phi) is 4.12. The standard InChI is InChI=1S/C14H18N4/c1-2-13-9-14(18-10-17-13)16-8-7-11-3-5-12(15)6-4-11/h3-6,9-10H,2,7-8,15H2,1H3,(H,16,17,18).